The molecule has 2 fully saturated rings. The molecule has 8 heteroatoms. The topological polar surface area (TPSA) is 74.2 Å². The minimum Gasteiger partial charge on any atom is -0.469 e. The van der Waals surface area contributed by atoms with Crippen molar-refractivity contribution < 1.29 is 14.3 Å². The van der Waals surface area contributed by atoms with Gasteiger partial charge in [-0.2, -0.15) is 0 Å². The molecule has 0 aromatic heterocycles. The number of methoxy groups -OCH3 is 1. The Kier molecular flexibility index (Phi) is 10.1. The molecule has 2 aliphatic heterocycles. The summed E-state index contributed by atoms with van der Waals surface area (Å²) >= 11 is 0. The Bertz CT molecular complexity index is 780. The molecular weight excluding hydrogens is 507 g/mol. The third kappa shape index (κ3) is 6.57. The number of amides is 1. The number of benzene rings is 1. The van der Waals surface area contributed by atoms with Gasteiger partial charge in [-0.15, -0.1) is 24.0 Å². The van der Waals surface area contributed by atoms with Gasteiger partial charge in [0.15, 0.2) is 5.96 Å². The number of carbonyl (C=O) groups is 2. The second-order valence-electron chi connectivity index (χ2n) is 8.24. The smallest absolute Gasteiger partial charge is 0.310 e. The molecule has 3 rings (SSSR count). The molecule has 0 bridgehead atoms. The van der Waals surface area contributed by atoms with Crippen LogP contribution in [0.2, 0.25) is 0 Å². The lowest BCUT2D eigenvalue weighted by molar-refractivity contribution is -0.145. The lowest BCUT2D eigenvalue weighted by atomic mass is 9.99. The van der Waals surface area contributed by atoms with Gasteiger partial charge in [0.05, 0.1) is 19.6 Å². The number of nitrogens with zero attached hydrogens (tertiary/aromatic N) is 3. The van der Waals surface area contributed by atoms with Gasteiger partial charge in [-0.1, -0.05) is 19.1 Å². The highest BCUT2D eigenvalue weighted by Crippen LogP contribution is 2.24. The minimum atomic E-state index is -0.162. The van der Waals surface area contributed by atoms with Crippen molar-refractivity contribution in [2.45, 2.75) is 39.7 Å². The van der Waals surface area contributed by atoms with E-state index in [1.54, 1.807) is 0 Å². The molecular formula is C23H35IN4O3. The Balaban J connectivity index is 0.00000341. The maximum atomic E-state index is 12.8. The quantitative estimate of drug-likeness (QED) is 0.268. The van der Waals surface area contributed by atoms with Crippen molar-refractivity contribution in [3.63, 3.8) is 0 Å². The van der Waals surface area contributed by atoms with E-state index in [0.717, 1.165) is 56.1 Å². The van der Waals surface area contributed by atoms with E-state index in [-0.39, 0.29) is 47.7 Å². The monoisotopic (exact) mass is 542 g/mol. The van der Waals surface area contributed by atoms with E-state index in [4.69, 9.17) is 9.73 Å². The van der Waals surface area contributed by atoms with Gasteiger partial charge in [0.1, 0.15) is 0 Å². The lowest BCUT2D eigenvalue weighted by Gasteiger charge is -2.26. The van der Waals surface area contributed by atoms with Gasteiger partial charge in [-0.25, -0.2) is 4.99 Å². The Labute approximate surface area is 202 Å². The zero-order chi connectivity index (χ0) is 21.5. The van der Waals surface area contributed by atoms with Crippen LogP contribution in [0.3, 0.4) is 0 Å². The second-order valence-corrected chi connectivity index (χ2v) is 8.24. The van der Waals surface area contributed by atoms with Crippen LogP contribution in [-0.2, 0) is 16.1 Å². The van der Waals surface area contributed by atoms with Crippen molar-refractivity contribution >= 4 is 41.8 Å². The van der Waals surface area contributed by atoms with Gasteiger partial charge in [0.25, 0.3) is 5.91 Å². The van der Waals surface area contributed by atoms with Crippen molar-refractivity contribution in [2.24, 2.45) is 16.8 Å². The molecule has 1 amide bonds. The van der Waals surface area contributed by atoms with E-state index in [1.165, 1.54) is 13.5 Å². The van der Waals surface area contributed by atoms with Crippen LogP contribution in [0.5, 0.6) is 0 Å². The van der Waals surface area contributed by atoms with Crippen LogP contribution in [0, 0.1) is 11.8 Å². The van der Waals surface area contributed by atoms with E-state index in [1.807, 2.05) is 36.1 Å². The number of guanidine groups is 1. The van der Waals surface area contributed by atoms with Gasteiger partial charge in [0, 0.05) is 38.3 Å². The molecule has 1 aromatic rings. The zero-order valence-electron chi connectivity index (χ0n) is 18.8. The standard InChI is InChI=1S/C23H34N4O3.HI/c1-4-24-23(27-15-17(2)20(16-27)22(29)30-3)25-14-18-9-8-10-19(13-18)21(28)26-11-6-5-7-12-26;/h8-10,13,17,20H,4-7,11-12,14-16H2,1-3H3,(H,24,25);1H. The summed E-state index contributed by atoms with van der Waals surface area (Å²) < 4.78 is 4.95. The molecule has 1 N–H and O–H groups in total. The fourth-order valence-corrected chi connectivity index (χ4v) is 4.27. The number of ether oxygens (including phenoxy) is 1. The predicted molar refractivity (Wildman–Crippen MR) is 133 cm³/mol. The first-order valence-corrected chi connectivity index (χ1v) is 11.0. The first kappa shape index (κ1) is 25.4. The Hall–Kier alpha value is -1.84. The molecule has 2 aliphatic rings. The maximum absolute atomic E-state index is 12.8. The summed E-state index contributed by atoms with van der Waals surface area (Å²) in [6.07, 6.45) is 3.38. The molecule has 1 aromatic carbocycles. The van der Waals surface area contributed by atoms with E-state index in [9.17, 15) is 9.59 Å². The van der Waals surface area contributed by atoms with Crippen molar-refractivity contribution in [2.75, 3.05) is 39.8 Å². The minimum absolute atomic E-state index is 0. The molecule has 2 heterocycles. The highest BCUT2D eigenvalue weighted by molar-refractivity contribution is 14.0. The fourth-order valence-electron chi connectivity index (χ4n) is 4.27. The number of likely N-dealkylation sites (tertiary alicyclic amines) is 2. The molecule has 0 saturated carbocycles. The molecule has 7 nitrogen and oxygen atoms in total. The molecule has 2 unspecified atom stereocenters. The molecule has 31 heavy (non-hydrogen) atoms. The molecule has 0 spiro atoms. The zero-order valence-corrected chi connectivity index (χ0v) is 21.1. The van der Waals surface area contributed by atoms with Crippen molar-refractivity contribution in [1.82, 2.24) is 15.1 Å². The lowest BCUT2D eigenvalue weighted by Crippen LogP contribution is -2.40. The fraction of sp³-hybridized carbons (Fsp3) is 0.609. The molecule has 2 saturated heterocycles. The van der Waals surface area contributed by atoms with Crippen LogP contribution >= 0.6 is 24.0 Å². The summed E-state index contributed by atoms with van der Waals surface area (Å²) in [6.45, 7) is 8.40. The maximum Gasteiger partial charge on any atom is 0.310 e. The summed E-state index contributed by atoms with van der Waals surface area (Å²) in [6, 6.07) is 7.77. The van der Waals surface area contributed by atoms with E-state index >= 15 is 0 Å². The van der Waals surface area contributed by atoms with Crippen molar-refractivity contribution in [3.8, 4) is 0 Å². The number of carbonyl (C=O) groups excluding carboxylic acids is 2. The number of halogens is 1. The third-order valence-electron chi connectivity index (χ3n) is 5.98. The van der Waals surface area contributed by atoms with Crippen LogP contribution in [0.4, 0.5) is 0 Å². The summed E-state index contributed by atoms with van der Waals surface area (Å²) in [5, 5.41) is 3.33. The molecule has 172 valence electrons. The van der Waals surface area contributed by atoms with E-state index in [2.05, 4.69) is 17.1 Å². The first-order valence-electron chi connectivity index (χ1n) is 11.0. The number of hydrogen-bond acceptors (Lipinski definition) is 4. The third-order valence-corrected chi connectivity index (χ3v) is 5.98. The normalized spacial score (nSPS) is 21.5. The number of nitrogens with one attached hydrogen (secondary N) is 1. The molecule has 0 radical (unpaired) electrons. The van der Waals surface area contributed by atoms with Gasteiger partial charge in [0.2, 0.25) is 0 Å². The van der Waals surface area contributed by atoms with Gasteiger partial charge in [-0.05, 0) is 49.8 Å². The van der Waals surface area contributed by atoms with Gasteiger partial charge in [-0.3, -0.25) is 9.59 Å². The molecule has 0 aliphatic carbocycles. The summed E-state index contributed by atoms with van der Waals surface area (Å²) in [4.78, 5) is 33.7. The number of aliphatic imine (C=N–C) groups is 1. The SMILES string of the molecule is CCNC(=NCc1cccc(C(=O)N2CCCCC2)c1)N1CC(C)C(C(=O)OC)C1.I. The van der Waals surface area contributed by atoms with Crippen LogP contribution in [0.1, 0.15) is 49.0 Å². The van der Waals surface area contributed by atoms with Crippen LogP contribution in [0.25, 0.3) is 0 Å². The van der Waals surface area contributed by atoms with Crippen molar-refractivity contribution in [3.05, 3.63) is 35.4 Å². The Morgan fingerprint density at radius 2 is 1.90 bits per heavy atom. The Morgan fingerprint density at radius 1 is 1.16 bits per heavy atom. The highest BCUT2D eigenvalue weighted by atomic mass is 127. The average molecular weight is 542 g/mol. The largest absolute Gasteiger partial charge is 0.469 e. The number of piperidine rings is 1. The van der Waals surface area contributed by atoms with Gasteiger partial charge < -0.3 is 19.9 Å². The summed E-state index contributed by atoms with van der Waals surface area (Å²) in [7, 11) is 1.44. The van der Waals surface area contributed by atoms with Crippen molar-refractivity contribution in [1.29, 1.82) is 0 Å². The number of hydrogen-bond donors (Lipinski definition) is 1. The van der Waals surface area contributed by atoms with E-state index in [0.29, 0.717) is 13.1 Å². The highest BCUT2D eigenvalue weighted by Gasteiger charge is 2.36. The van der Waals surface area contributed by atoms with Gasteiger partial charge >= 0.3 is 5.97 Å². The predicted octanol–water partition coefficient (Wildman–Crippen LogP) is 3.14. The van der Waals surface area contributed by atoms with E-state index < -0.39 is 0 Å². The number of rotatable bonds is 5. The summed E-state index contributed by atoms with van der Waals surface area (Å²) in [5.41, 5.74) is 1.74. The van der Waals surface area contributed by atoms with Crippen LogP contribution in [-0.4, -0.2) is 67.5 Å². The van der Waals surface area contributed by atoms with Crippen LogP contribution < -0.4 is 5.32 Å². The average Bonchev–Trinajstić information content (AvgIpc) is 3.17. The summed E-state index contributed by atoms with van der Waals surface area (Å²) in [5.74, 6) is 0.825. The number of esters is 1. The second kappa shape index (κ2) is 12.3. The van der Waals surface area contributed by atoms with Crippen LogP contribution in [0.15, 0.2) is 29.3 Å². The first-order chi connectivity index (χ1) is 14.5. The Morgan fingerprint density at radius 3 is 2.58 bits per heavy atom. The molecule has 2 atom stereocenters.